The van der Waals surface area contributed by atoms with Gasteiger partial charge in [0.25, 0.3) is 0 Å². The summed E-state index contributed by atoms with van der Waals surface area (Å²) >= 11 is 0. The molecule has 22 heavy (non-hydrogen) atoms. The second-order valence-corrected chi connectivity index (χ2v) is 5.12. The molecule has 0 bridgehead atoms. The normalized spacial score (nSPS) is 13.5. The number of imidazole rings is 1. The van der Waals surface area contributed by atoms with Crippen molar-refractivity contribution in [2.75, 3.05) is 13.7 Å². The molecular formula is C16H19N3O3. The minimum absolute atomic E-state index is 0.325. The molecule has 2 aromatic heterocycles. The number of hydrogen-bond acceptors (Lipinski definition) is 5. The summed E-state index contributed by atoms with van der Waals surface area (Å²) in [5.41, 5.74) is 1.76. The lowest BCUT2D eigenvalue weighted by atomic mass is 10.1. The lowest BCUT2D eigenvalue weighted by Crippen LogP contribution is -2.12. The summed E-state index contributed by atoms with van der Waals surface area (Å²) in [6, 6.07) is 5.50. The number of aromatic nitrogens is 3. The molecule has 0 radical (unpaired) electrons. The summed E-state index contributed by atoms with van der Waals surface area (Å²) in [5.74, 6) is 1.04. The molecule has 1 aliphatic rings. The van der Waals surface area contributed by atoms with E-state index >= 15 is 0 Å². The van der Waals surface area contributed by atoms with Crippen LogP contribution in [0.2, 0.25) is 0 Å². The van der Waals surface area contributed by atoms with E-state index in [9.17, 15) is 4.79 Å². The summed E-state index contributed by atoms with van der Waals surface area (Å²) in [7, 11) is 1.57. The van der Waals surface area contributed by atoms with Crippen LogP contribution in [-0.4, -0.2) is 34.2 Å². The molecule has 3 heterocycles. The number of nitrogens with zero attached hydrogens (tertiary/aromatic N) is 3. The number of aryl methyl sites for hydroxylation is 1. The van der Waals surface area contributed by atoms with Crippen LogP contribution in [0.4, 0.5) is 0 Å². The Morgan fingerprint density at radius 2 is 2.18 bits per heavy atom. The van der Waals surface area contributed by atoms with Gasteiger partial charge in [0.05, 0.1) is 19.4 Å². The molecule has 0 aliphatic carbocycles. The maximum absolute atomic E-state index is 12.3. The second-order valence-electron chi connectivity index (χ2n) is 5.12. The first kappa shape index (κ1) is 14.6. The van der Waals surface area contributed by atoms with E-state index in [-0.39, 0.29) is 0 Å². The molecular weight excluding hydrogens is 282 g/mol. The first-order chi connectivity index (χ1) is 10.7. The second kappa shape index (κ2) is 6.17. The molecule has 0 N–H and O–H groups in total. The quantitative estimate of drug-likeness (QED) is 0.812. The molecule has 0 aromatic carbocycles. The van der Waals surface area contributed by atoms with Crippen molar-refractivity contribution < 1.29 is 14.3 Å². The lowest BCUT2D eigenvalue weighted by Gasteiger charge is -2.16. The Balaban J connectivity index is 2.14. The molecule has 0 saturated heterocycles. The molecule has 0 amide bonds. The van der Waals surface area contributed by atoms with Gasteiger partial charge in [0.2, 0.25) is 5.88 Å². The summed E-state index contributed by atoms with van der Waals surface area (Å²) in [6.07, 6.45) is 3.03. The average Bonchev–Trinajstić information content (AvgIpc) is 2.94. The number of carbonyl (C=O) groups is 1. The Morgan fingerprint density at radius 1 is 1.32 bits per heavy atom. The van der Waals surface area contributed by atoms with Crippen molar-refractivity contribution in [1.29, 1.82) is 0 Å². The first-order valence-electron chi connectivity index (χ1n) is 7.52. The minimum atomic E-state index is -0.399. The van der Waals surface area contributed by atoms with Crippen LogP contribution in [0.25, 0.3) is 11.4 Å². The lowest BCUT2D eigenvalue weighted by molar-refractivity contribution is 0.0521. The molecule has 0 spiro atoms. The zero-order valence-electron chi connectivity index (χ0n) is 12.8. The Labute approximate surface area is 129 Å². The molecule has 2 aromatic rings. The van der Waals surface area contributed by atoms with Gasteiger partial charge in [-0.15, -0.1) is 0 Å². The molecule has 6 nitrogen and oxygen atoms in total. The van der Waals surface area contributed by atoms with E-state index in [1.165, 1.54) is 0 Å². The van der Waals surface area contributed by atoms with Gasteiger partial charge in [-0.2, -0.15) is 0 Å². The van der Waals surface area contributed by atoms with E-state index in [0.29, 0.717) is 23.9 Å². The fourth-order valence-corrected chi connectivity index (χ4v) is 2.75. The fraction of sp³-hybridized carbons (Fsp3) is 0.438. The summed E-state index contributed by atoms with van der Waals surface area (Å²) in [6.45, 7) is 2.96. The van der Waals surface area contributed by atoms with Crippen molar-refractivity contribution >= 4 is 5.97 Å². The Bertz CT molecular complexity index is 694. The van der Waals surface area contributed by atoms with Crippen LogP contribution in [0.15, 0.2) is 18.2 Å². The van der Waals surface area contributed by atoms with Crippen LogP contribution in [0.3, 0.4) is 0 Å². The van der Waals surface area contributed by atoms with Crippen LogP contribution >= 0.6 is 0 Å². The van der Waals surface area contributed by atoms with Gasteiger partial charge < -0.3 is 14.0 Å². The van der Waals surface area contributed by atoms with E-state index in [4.69, 9.17) is 9.47 Å². The highest BCUT2D eigenvalue weighted by Gasteiger charge is 2.26. The number of esters is 1. The van der Waals surface area contributed by atoms with Gasteiger partial charge in [0, 0.05) is 19.0 Å². The fourth-order valence-electron chi connectivity index (χ4n) is 2.75. The van der Waals surface area contributed by atoms with Crippen molar-refractivity contribution in [3.05, 3.63) is 29.7 Å². The molecule has 3 rings (SSSR count). The topological polar surface area (TPSA) is 66.2 Å². The molecule has 0 unspecified atom stereocenters. The monoisotopic (exact) mass is 301 g/mol. The third kappa shape index (κ3) is 2.56. The van der Waals surface area contributed by atoms with Crippen molar-refractivity contribution in [2.24, 2.45) is 0 Å². The van der Waals surface area contributed by atoms with Crippen molar-refractivity contribution in [1.82, 2.24) is 14.5 Å². The van der Waals surface area contributed by atoms with Gasteiger partial charge in [0.15, 0.2) is 5.69 Å². The summed E-state index contributed by atoms with van der Waals surface area (Å²) < 4.78 is 12.4. The maximum Gasteiger partial charge on any atom is 0.359 e. The van der Waals surface area contributed by atoms with Gasteiger partial charge >= 0.3 is 5.97 Å². The van der Waals surface area contributed by atoms with E-state index in [2.05, 4.69) is 14.5 Å². The Kier molecular flexibility index (Phi) is 4.09. The molecule has 6 heteroatoms. The Hall–Kier alpha value is -2.37. The molecule has 1 aliphatic heterocycles. The van der Waals surface area contributed by atoms with E-state index in [1.54, 1.807) is 20.1 Å². The number of fused-ring (bicyclic) bond motifs is 1. The zero-order chi connectivity index (χ0) is 15.5. The van der Waals surface area contributed by atoms with E-state index in [1.807, 2.05) is 12.1 Å². The van der Waals surface area contributed by atoms with Crippen LogP contribution in [0.5, 0.6) is 5.88 Å². The molecule has 116 valence electrons. The predicted molar refractivity (Wildman–Crippen MR) is 80.9 cm³/mol. The van der Waals surface area contributed by atoms with Gasteiger partial charge in [-0.05, 0) is 25.8 Å². The summed E-state index contributed by atoms with van der Waals surface area (Å²) in [4.78, 5) is 21.2. The van der Waals surface area contributed by atoms with Crippen LogP contribution in [-0.2, 0) is 17.7 Å². The van der Waals surface area contributed by atoms with Gasteiger partial charge in [-0.1, -0.05) is 6.07 Å². The molecule has 0 fully saturated rings. The predicted octanol–water partition coefficient (Wildman–Crippen LogP) is 2.47. The highest BCUT2D eigenvalue weighted by Crippen LogP contribution is 2.29. The van der Waals surface area contributed by atoms with Gasteiger partial charge in [0.1, 0.15) is 11.5 Å². The number of ether oxygens (including phenoxy) is 2. The number of hydrogen-bond donors (Lipinski definition) is 0. The van der Waals surface area contributed by atoms with E-state index < -0.39 is 5.97 Å². The van der Waals surface area contributed by atoms with Crippen LogP contribution in [0, 0.1) is 0 Å². The Morgan fingerprint density at radius 3 is 2.95 bits per heavy atom. The highest BCUT2D eigenvalue weighted by atomic mass is 16.5. The van der Waals surface area contributed by atoms with Crippen LogP contribution < -0.4 is 4.74 Å². The van der Waals surface area contributed by atoms with Crippen molar-refractivity contribution in [3.63, 3.8) is 0 Å². The number of pyridine rings is 1. The highest BCUT2D eigenvalue weighted by molar-refractivity contribution is 5.94. The van der Waals surface area contributed by atoms with Crippen LogP contribution in [0.1, 0.15) is 36.1 Å². The zero-order valence-corrected chi connectivity index (χ0v) is 12.8. The number of carbonyl (C=O) groups excluding carboxylic acids is 1. The van der Waals surface area contributed by atoms with Gasteiger partial charge in [-0.3, -0.25) is 0 Å². The first-order valence-corrected chi connectivity index (χ1v) is 7.52. The molecule has 0 atom stereocenters. The van der Waals surface area contributed by atoms with Gasteiger partial charge in [-0.25, -0.2) is 14.8 Å². The average molecular weight is 301 g/mol. The number of methoxy groups -OCH3 is 1. The standard InChI is InChI=1S/C16H19N3O3/c1-3-22-16(20)14-15(11-7-6-9-13(17-11)21-2)19-10-5-4-8-12(19)18-14/h6-7,9H,3-5,8,10H2,1-2H3. The largest absolute Gasteiger partial charge is 0.481 e. The third-order valence-electron chi connectivity index (χ3n) is 3.72. The number of rotatable bonds is 4. The summed E-state index contributed by atoms with van der Waals surface area (Å²) in [5, 5.41) is 0. The molecule has 0 saturated carbocycles. The van der Waals surface area contributed by atoms with Crippen molar-refractivity contribution in [3.8, 4) is 17.3 Å². The SMILES string of the molecule is CCOC(=O)c1nc2n(c1-c1cccc(OC)n1)CCCC2. The third-order valence-corrected chi connectivity index (χ3v) is 3.72. The minimum Gasteiger partial charge on any atom is -0.481 e. The maximum atomic E-state index is 12.3. The van der Waals surface area contributed by atoms with Crippen molar-refractivity contribution in [2.45, 2.75) is 32.7 Å². The smallest absolute Gasteiger partial charge is 0.359 e. The van der Waals surface area contributed by atoms with E-state index in [0.717, 1.165) is 37.3 Å².